The normalized spacial score (nSPS) is 14.5. The Labute approximate surface area is 91.1 Å². The number of carbonyl (C=O) groups is 1. The fourth-order valence-corrected chi connectivity index (χ4v) is 2.36. The maximum atomic E-state index is 11.9. The van der Waals surface area contributed by atoms with E-state index in [1.165, 1.54) is 0 Å². The monoisotopic (exact) mass is 226 g/mol. The van der Waals surface area contributed by atoms with Crippen LogP contribution in [-0.2, 0) is 15.6 Å². The maximum Gasteiger partial charge on any atom is 0.233 e. The summed E-state index contributed by atoms with van der Waals surface area (Å²) in [5, 5.41) is -0.688. The summed E-state index contributed by atoms with van der Waals surface area (Å²) in [6, 6.07) is 5.05. The second kappa shape index (κ2) is 4.44. The van der Waals surface area contributed by atoms with Crippen molar-refractivity contribution < 1.29 is 9.00 Å². The van der Waals surface area contributed by atoms with Gasteiger partial charge in [-0.2, -0.15) is 0 Å². The lowest BCUT2D eigenvalue weighted by molar-refractivity contribution is -0.117. The van der Waals surface area contributed by atoms with Crippen molar-refractivity contribution >= 4 is 22.4 Å². The molecule has 0 saturated heterocycles. The van der Waals surface area contributed by atoms with Gasteiger partial charge in [-0.3, -0.25) is 9.00 Å². The van der Waals surface area contributed by atoms with E-state index >= 15 is 0 Å². The van der Waals surface area contributed by atoms with Gasteiger partial charge in [-0.15, -0.1) is 0 Å². The van der Waals surface area contributed by atoms with Crippen LogP contribution in [0.2, 0.25) is 0 Å². The minimum Gasteiger partial charge on any atom is -0.399 e. The van der Waals surface area contributed by atoms with Gasteiger partial charge in [0, 0.05) is 10.6 Å². The van der Waals surface area contributed by atoms with Crippen molar-refractivity contribution in [1.29, 1.82) is 0 Å². The average Bonchev–Trinajstić information content (AvgIpc) is 2.15. The van der Waals surface area contributed by atoms with Gasteiger partial charge in [0.25, 0.3) is 0 Å². The fraction of sp³-hybridized carbons (Fsp3) is 0.300. The predicted molar refractivity (Wildman–Crippen MR) is 60.7 cm³/mol. The third kappa shape index (κ3) is 2.56. The number of primary amides is 1. The van der Waals surface area contributed by atoms with Crippen LogP contribution >= 0.6 is 0 Å². The number of nitrogen functional groups attached to an aromatic ring is 1. The number of nitrogens with two attached hydrogens (primary N) is 2. The number of benzene rings is 1. The van der Waals surface area contributed by atoms with Gasteiger partial charge in [0.05, 0.1) is 10.8 Å². The smallest absolute Gasteiger partial charge is 0.233 e. The molecule has 5 heteroatoms. The van der Waals surface area contributed by atoms with Crippen LogP contribution in [0.1, 0.15) is 12.5 Å². The second-order valence-corrected chi connectivity index (χ2v) is 5.11. The Bertz CT molecular complexity index is 418. The first kappa shape index (κ1) is 11.7. The quantitative estimate of drug-likeness (QED) is 0.738. The summed E-state index contributed by atoms with van der Waals surface area (Å²) in [4.78, 5) is 11.5. The molecular weight excluding hydrogens is 212 g/mol. The van der Waals surface area contributed by atoms with Crippen molar-refractivity contribution in [2.75, 3.05) is 5.73 Å². The van der Waals surface area contributed by atoms with Gasteiger partial charge in [0.15, 0.2) is 0 Å². The zero-order valence-corrected chi connectivity index (χ0v) is 9.51. The summed E-state index contributed by atoms with van der Waals surface area (Å²) < 4.78 is 11.9. The molecule has 0 bridgehead atoms. The molecule has 1 aromatic carbocycles. The van der Waals surface area contributed by atoms with Crippen LogP contribution in [0, 0.1) is 6.92 Å². The van der Waals surface area contributed by atoms with Crippen molar-refractivity contribution in [3.05, 3.63) is 23.8 Å². The van der Waals surface area contributed by atoms with Gasteiger partial charge >= 0.3 is 0 Å². The van der Waals surface area contributed by atoms with Crippen LogP contribution in [0.25, 0.3) is 0 Å². The molecule has 0 fully saturated rings. The molecule has 1 amide bonds. The van der Waals surface area contributed by atoms with Crippen LogP contribution in [0.15, 0.2) is 23.1 Å². The van der Waals surface area contributed by atoms with E-state index in [1.54, 1.807) is 32.0 Å². The molecule has 0 spiro atoms. The molecular formula is C10H14N2O2S. The molecule has 0 aromatic heterocycles. The summed E-state index contributed by atoms with van der Waals surface area (Å²) in [5.41, 5.74) is 12.1. The van der Waals surface area contributed by atoms with Crippen LogP contribution in [0.5, 0.6) is 0 Å². The van der Waals surface area contributed by atoms with E-state index in [4.69, 9.17) is 11.5 Å². The van der Waals surface area contributed by atoms with E-state index in [0.29, 0.717) is 10.6 Å². The molecule has 0 aliphatic rings. The fourth-order valence-electron chi connectivity index (χ4n) is 1.19. The third-order valence-corrected chi connectivity index (χ3v) is 3.90. The summed E-state index contributed by atoms with van der Waals surface area (Å²) in [7, 11) is -1.41. The Morgan fingerprint density at radius 3 is 2.53 bits per heavy atom. The molecule has 82 valence electrons. The Kier molecular flexibility index (Phi) is 3.47. The number of rotatable bonds is 3. The molecule has 0 aliphatic carbocycles. The molecule has 2 atom stereocenters. The third-order valence-electron chi connectivity index (χ3n) is 2.14. The van der Waals surface area contributed by atoms with Gasteiger partial charge in [-0.25, -0.2) is 0 Å². The lowest BCUT2D eigenvalue weighted by Gasteiger charge is -2.10. The molecule has 0 saturated carbocycles. The van der Waals surface area contributed by atoms with Gasteiger partial charge < -0.3 is 11.5 Å². The summed E-state index contributed by atoms with van der Waals surface area (Å²) >= 11 is 0. The predicted octanol–water partition coefficient (Wildman–Crippen LogP) is 0.559. The van der Waals surface area contributed by atoms with Crippen molar-refractivity contribution in [3.63, 3.8) is 0 Å². The molecule has 2 unspecified atom stereocenters. The zero-order chi connectivity index (χ0) is 11.6. The first-order valence-electron chi connectivity index (χ1n) is 4.49. The van der Waals surface area contributed by atoms with Crippen LogP contribution in [-0.4, -0.2) is 15.4 Å². The van der Waals surface area contributed by atoms with E-state index in [2.05, 4.69) is 0 Å². The van der Waals surface area contributed by atoms with Crippen molar-refractivity contribution in [2.24, 2.45) is 5.73 Å². The first-order valence-corrected chi connectivity index (χ1v) is 5.71. The van der Waals surface area contributed by atoms with Crippen LogP contribution in [0.3, 0.4) is 0 Å². The molecule has 0 aliphatic heterocycles. The number of aryl methyl sites for hydroxylation is 1. The highest BCUT2D eigenvalue weighted by atomic mass is 32.2. The first-order chi connectivity index (χ1) is 6.93. The highest BCUT2D eigenvalue weighted by Gasteiger charge is 2.19. The number of hydrogen-bond donors (Lipinski definition) is 2. The lowest BCUT2D eigenvalue weighted by Crippen LogP contribution is -2.29. The summed E-state index contributed by atoms with van der Waals surface area (Å²) in [6.45, 7) is 3.35. The number of anilines is 1. The maximum absolute atomic E-state index is 11.9. The SMILES string of the molecule is Cc1cc(N)ccc1S(=O)C(C)C(N)=O. The van der Waals surface area contributed by atoms with Gasteiger partial charge in [-0.05, 0) is 37.6 Å². The number of hydrogen-bond acceptors (Lipinski definition) is 3. The minimum atomic E-state index is -1.41. The van der Waals surface area contributed by atoms with Gasteiger partial charge in [0.2, 0.25) is 5.91 Å². The van der Waals surface area contributed by atoms with E-state index in [9.17, 15) is 9.00 Å². The van der Waals surface area contributed by atoms with E-state index in [1.807, 2.05) is 0 Å². The molecule has 0 heterocycles. The average molecular weight is 226 g/mol. The number of amides is 1. The standard InChI is InChI=1S/C10H14N2O2S/c1-6-5-8(11)3-4-9(6)15(14)7(2)10(12)13/h3-5,7H,11H2,1-2H3,(H2,12,13). The van der Waals surface area contributed by atoms with Crippen molar-refractivity contribution in [1.82, 2.24) is 0 Å². The molecule has 4 nitrogen and oxygen atoms in total. The largest absolute Gasteiger partial charge is 0.399 e. The molecule has 0 radical (unpaired) electrons. The minimum absolute atomic E-state index is 0.565. The van der Waals surface area contributed by atoms with Crippen LogP contribution in [0.4, 0.5) is 5.69 Å². The second-order valence-electron chi connectivity index (χ2n) is 3.37. The van der Waals surface area contributed by atoms with Crippen molar-refractivity contribution in [2.45, 2.75) is 24.0 Å². The molecule has 1 rings (SSSR count). The van der Waals surface area contributed by atoms with Crippen molar-refractivity contribution in [3.8, 4) is 0 Å². The van der Waals surface area contributed by atoms with Crippen LogP contribution < -0.4 is 11.5 Å². The molecule has 1 aromatic rings. The van der Waals surface area contributed by atoms with Gasteiger partial charge in [-0.1, -0.05) is 0 Å². The topological polar surface area (TPSA) is 86.2 Å². The Morgan fingerprint density at radius 1 is 1.47 bits per heavy atom. The number of carbonyl (C=O) groups excluding carboxylic acids is 1. The van der Waals surface area contributed by atoms with E-state index in [0.717, 1.165) is 5.56 Å². The summed E-state index contributed by atoms with van der Waals surface area (Å²) in [5.74, 6) is -0.565. The highest BCUT2D eigenvalue weighted by Crippen LogP contribution is 2.18. The zero-order valence-electron chi connectivity index (χ0n) is 8.69. The van der Waals surface area contributed by atoms with Gasteiger partial charge in [0.1, 0.15) is 5.25 Å². The lowest BCUT2D eigenvalue weighted by atomic mass is 10.2. The Morgan fingerprint density at radius 2 is 2.07 bits per heavy atom. The van der Waals surface area contributed by atoms with E-state index < -0.39 is 22.0 Å². The highest BCUT2D eigenvalue weighted by molar-refractivity contribution is 7.86. The Balaban J connectivity index is 3.07. The summed E-state index contributed by atoms with van der Waals surface area (Å²) in [6.07, 6.45) is 0. The molecule has 15 heavy (non-hydrogen) atoms. The molecule has 4 N–H and O–H groups in total. The Hall–Kier alpha value is -1.36. The van der Waals surface area contributed by atoms with E-state index in [-0.39, 0.29) is 0 Å².